The largest absolute Gasteiger partial charge is 0.457 e. The number of hydrogen-bond acceptors (Lipinski definition) is 4. The molecule has 0 fully saturated rings. The van der Waals surface area contributed by atoms with Gasteiger partial charge in [-0.2, -0.15) is 0 Å². The molecule has 0 amide bonds. The number of para-hydroxylation sites is 3. The van der Waals surface area contributed by atoms with Crippen molar-refractivity contribution in [2.75, 3.05) is 16.5 Å². The summed E-state index contributed by atoms with van der Waals surface area (Å²) in [5.74, 6) is 2.35. The summed E-state index contributed by atoms with van der Waals surface area (Å²) in [6.07, 6.45) is 2.13. The molecular weight excluding hydrogens is 1190 g/mol. The van der Waals surface area contributed by atoms with Crippen molar-refractivity contribution in [1.29, 1.82) is 0 Å². The number of rotatable bonds is 8. The van der Waals surface area contributed by atoms with E-state index in [4.69, 9.17) is 9.72 Å². The third-order valence-electron chi connectivity index (χ3n) is 21.3. The Labute approximate surface area is 580 Å². The summed E-state index contributed by atoms with van der Waals surface area (Å²) in [6, 6.07) is 91.3. The fourth-order valence-electron chi connectivity index (χ4n) is 16.1. The van der Waals surface area contributed by atoms with Gasteiger partial charge in [0.15, 0.2) is 0 Å². The van der Waals surface area contributed by atoms with Gasteiger partial charge in [-0.1, -0.05) is 286 Å². The van der Waals surface area contributed by atoms with Gasteiger partial charge in [0.2, 0.25) is 0 Å². The van der Waals surface area contributed by atoms with Crippen LogP contribution in [0, 0.1) is 0 Å². The Balaban J connectivity index is 0.857. The van der Waals surface area contributed by atoms with Crippen LogP contribution in [-0.2, 0) is 32.5 Å². The molecule has 0 unspecified atom stereocenters. The van der Waals surface area contributed by atoms with Crippen molar-refractivity contribution in [1.82, 2.24) is 9.55 Å². The molecule has 13 aromatic rings. The molecule has 5 nitrogen and oxygen atoms in total. The van der Waals surface area contributed by atoms with Gasteiger partial charge in [-0.15, -0.1) is 0 Å². The van der Waals surface area contributed by atoms with Gasteiger partial charge in [0.05, 0.1) is 33.5 Å². The molecule has 5 heteroatoms. The molecule has 1 aliphatic heterocycles. The zero-order valence-corrected chi connectivity index (χ0v) is 59.6. The first-order chi connectivity index (χ1) is 46.7. The van der Waals surface area contributed by atoms with Crippen molar-refractivity contribution < 1.29 is 4.74 Å². The van der Waals surface area contributed by atoms with Crippen LogP contribution < -0.4 is 14.5 Å². The lowest BCUT2D eigenvalue weighted by atomic mass is 9.69. The number of fused-ring (bicyclic) bond motifs is 15. The van der Waals surface area contributed by atoms with Crippen molar-refractivity contribution in [3.63, 3.8) is 0 Å². The average molecular weight is 1280 g/mol. The van der Waals surface area contributed by atoms with E-state index in [-0.39, 0.29) is 27.1 Å². The van der Waals surface area contributed by atoms with Crippen LogP contribution in [-0.4, -0.2) is 16.2 Å². The Bertz CT molecular complexity index is 5290. The molecule has 0 atom stereocenters. The first-order valence-electron chi connectivity index (χ1n) is 35.1. The Morgan fingerprint density at radius 1 is 0.357 bits per heavy atom. The fourth-order valence-corrected chi connectivity index (χ4v) is 16.1. The molecule has 2 aliphatic carbocycles. The van der Waals surface area contributed by atoms with Crippen molar-refractivity contribution in [2.45, 2.75) is 136 Å². The molecule has 3 heterocycles. The van der Waals surface area contributed by atoms with E-state index in [2.05, 4.69) is 367 Å². The van der Waals surface area contributed by atoms with Crippen molar-refractivity contribution in [2.24, 2.45) is 0 Å². The highest BCUT2D eigenvalue weighted by Gasteiger charge is 2.53. The second-order valence-electron chi connectivity index (χ2n) is 32.9. The van der Waals surface area contributed by atoms with Gasteiger partial charge in [0, 0.05) is 51.5 Å². The summed E-state index contributed by atoms with van der Waals surface area (Å²) in [5.41, 5.74) is 29.7. The first kappa shape index (κ1) is 62.6. The molecule has 3 aliphatic rings. The first-order valence-corrected chi connectivity index (χ1v) is 35.1. The van der Waals surface area contributed by atoms with E-state index >= 15 is 0 Å². The molecule has 1 spiro atoms. The number of hydrogen-bond donors (Lipinski definition) is 0. The lowest BCUT2D eigenvalue weighted by Gasteiger charge is -2.31. The number of benzene rings is 11. The van der Waals surface area contributed by atoms with Gasteiger partial charge in [-0.05, 0) is 165 Å². The van der Waals surface area contributed by atoms with Crippen LogP contribution in [0.4, 0.5) is 22.7 Å². The summed E-state index contributed by atoms with van der Waals surface area (Å²) in [7, 11) is 0. The minimum absolute atomic E-state index is 0.0117. The van der Waals surface area contributed by atoms with E-state index < -0.39 is 5.41 Å². The standard InChI is InChI=1S/C93H88N4O/c1-88(2,3)61-30-24-28-58(48-61)68-37-27-38-69(60-50-63(90(7,8)9)52-64(51-60)91(10,11)12)87(68)96-57-95(80-42-22-23-43-81(80)96)65-32-26-33-66(53-65)98-67-44-45-74-83(54-67)97(84-55-79(92(13,14)15)75(56-94-84)59-29-25-31-62(49-59)89(4,5)6)82-47-46-73-72-36-18-21-41-78(72)93(86(73)85(74)82)76-39-19-16-34-70(76)71-35-17-20-40-77(71)93/h16-56H,57H2,1-15H3. The molecule has 0 bridgehead atoms. The molecule has 0 radical (unpaired) electrons. The summed E-state index contributed by atoms with van der Waals surface area (Å²) in [5, 5.41) is 2.36. The molecular formula is C93H88N4O. The number of aromatic nitrogens is 2. The van der Waals surface area contributed by atoms with Crippen LogP contribution in [0.25, 0.3) is 83.3 Å². The van der Waals surface area contributed by atoms with Gasteiger partial charge >= 0.3 is 0 Å². The van der Waals surface area contributed by atoms with Crippen molar-refractivity contribution in [3.05, 3.63) is 299 Å². The quantitative estimate of drug-likeness (QED) is 0.152. The monoisotopic (exact) mass is 1280 g/mol. The number of ether oxygens (including phenoxy) is 1. The number of nitrogens with zero attached hydrogens (tertiary/aromatic N) is 4. The van der Waals surface area contributed by atoms with Gasteiger partial charge in [0.25, 0.3) is 0 Å². The highest BCUT2D eigenvalue weighted by Crippen LogP contribution is 2.65. The fraction of sp³-hybridized carbons (Fsp3) is 0.237. The summed E-state index contributed by atoms with van der Waals surface area (Å²) < 4.78 is 9.72. The van der Waals surface area contributed by atoms with Crippen molar-refractivity contribution >= 4 is 44.6 Å². The van der Waals surface area contributed by atoms with Crippen LogP contribution in [0.3, 0.4) is 0 Å². The van der Waals surface area contributed by atoms with Crippen LogP contribution in [0.1, 0.15) is 154 Å². The Kier molecular flexibility index (Phi) is 14.3. The Hall–Kier alpha value is -10.2. The molecule has 2 aromatic heterocycles. The van der Waals surface area contributed by atoms with Gasteiger partial charge < -0.3 is 14.5 Å². The average Bonchev–Trinajstić information content (AvgIpc) is 1.49. The summed E-state index contributed by atoms with van der Waals surface area (Å²) in [4.78, 5) is 10.6. The predicted octanol–water partition coefficient (Wildman–Crippen LogP) is 25.1. The maximum atomic E-state index is 7.29. The van der Waals surface area contributed by atoms with Gasteiger partial charge in [-0.3, -0.25) is 4.57 Å². The van der Waals surface area contributed by atoms with E-state index in [9.17, 15) is 0 Å². The van der Waals surface area contributed by atoms with Gasteiger partial charge in [-0.25, -0.2) is 4.98 Å². The third-order valence-corrected chi connectivity index (χ3v) is 21.3. The van der Waals surface area contributed by atoms with Crippen LogP contribution in [0.15, 0.2) is 249 Å². The Morgan fingerprint density at radius 2 is 0.847 bits per heavy atom. The molecule has 0 saturated carbocycles. The minimum atomic E-state index is -0.572. The summed E-state index contributed by atoms with van der Waals surface area (Å²) in [6.45, 7) is 35.3. The second kappa shape index (κ2) is 22.4. The molecule has 0 N–H and O–H groups in total. The third kappa shape index (κ3) is 10.1. The van der Waals surface area contributed by atoms with E-state index in [1.54, 1.807) is 0 Å². The summed E-state index contributed by atoms with van der Waals surface area (Å²) >= 11 is 0. The van der Waals surface area contributed by atoms with Crippen LogP contribution in [0.5, 0.6) is 11.5 Å². The highest BCUT2D eigenvalue weighted by molar-refractivity contribution is 6.16. The maximum absolute atomic E-state index is 7.29. The van der Waals surface area contributed by atoms with Crippen molar-refractivity contribution in [3.8, 4) is 73.0 Å². The normalized spacial score (nSPS) is 14.1. The van der Waals surface area contributed by atoms with E-state index in [0.29, 0.717) is 6.67 Å². The zero-order valence-electron chi connectivity index (χ0n) is 59.6. The lowest BCUT2D eigenvalue weighted by Crippen LogP contribution is -2.26. The second-order valence-corrected chi connectivity index (χ2v) is 32.9. The van der Waals surface area contributed by atoms with E-state index in [1.165, 1.54) is 111 Å². The predicted molar refractivity (Wildman–Crippen MR) is 413 cm³/mol. The number of anilines is 4. The zero-order chi connectivity index (χ0) is 68.2. The highest BCUT2D eigenvalue weighted by atomic mass is 16.5. The SMILES string of the molecule is CC(C)(C)c1cccc(-c2cnc(-n3c4cc(Oc5cccc(N6CN(c7c(-c8cccc(C(C)(C)C)c8)cccc7-c7cc(C(C)(C)C)cc(C(C)(C)C)c7)c7ccccc76)c5)ccc4c4c5c(ccc43)-c3ccccc3C53c4ccccc4-c4ccccc43)cc2C(C)(C)C)c1. The van der Waals surface area contributed by atoms with E-state index in [1.807, 2.05) is 0 Å². The molecule has 486 valence electrons. The minimum Gasteiger partial charge on any atom is -0.457 e. The smallest absolute Gasteiger partial charge is 0.137 e. The Morgan fingerprint density at radius 3 is 1.43 bits per heavy atom. The van der Waals surface area contributed by atoms with Gasteiger partial charge in [0.1, 0.15) is 24.0 Å². The van der Waals surface area contributed by atoms with Crippen LogP contribution >= 0.6 is 0 Å². The molecule has 16 rings (SSSR count). The molecule has 11 aromatic carbocycles. The molecule has 0 saturated heterocycles. The topological polar surface area (TPSA) is 33.5 Å². The lowest BCUT2D eigenvalue weighted by molar-refractivity contribution is 0.483. The van der Waals surface area contributed by atoms with E-state index in [0.717, 1.165) is 56.4 Å². The molecule has 98 heavy (non-hydrogen) atoms. The number of pyridine rings is 1. The maximum Gasteiger partial charge on any atom is 0.137 e. The van der Waals surface area contributed by atoms with Crippen LogP contribution in [0.2, 0.25) is 0 Å².